The summed E-state index contributed by atoms with van der Waals surface area (Å²) in [4.78, 5) is 16.8. The summed E-state index contributed by atoms with van der Waals surface area (Å²) < 4.78 is 12.9. The predicted octanol–water partition coefficient (Wildman–Crippen LogP) is 5.13. The van der Waals surface area contributed by atoms with Gasteiger partial charge in [-0.1, -0.05) is 38.1 Å². The van der Waals surface area contributed by atoms with E-state index in [0.29, 0.717) is 5.92 Å². The molecule has 1 N–H and O–H groups in total. The molecule has 160 valence electrons. The van der Waals surface area contributed by atoms with Crippen LogP contribution < -0.4 is 0 Å². The Kier molecular flexibility index (Phi) is 3.11. The highest BCUT2D eigenvalue weighted by Gasteiger charge is 2.68. The van der Waals surface area contributed by atoms with Crippen LogP contribution in [0.4, 0.5) is 0 Å². The number of aromatic amines is 1. The second-order valence-electron chi connectivity index (χ2n) is 11.2. The summed E-state index contributed by atoms with van der Waals surface area (Å²) in [5.74, 6) is -0.155. The molecule has 2 bridgehead atoms. The number of benzene rings is 1. The van der Waals surface area contributed by atoms with Gasteiger partial charge in [-0.3, -0.25) is 4.79 Å². The quantitative estimate of drug-likeness (QED) is 0.649. The van der Waals surface area contributed by atoms with Crippen LogP contribution in [-0.2, 0) is 26.1 Å². The monoisotopic (exact) mass is 415 g/mol. The molecule has 0 radical (unpaired) electrons. The van der Waals surface area contributed by atoms with E-state index in [-0.39, 0.29) is 16.6 Å². The maximum Gasteiger partial charge on any atom is 0.196 e. The smallest absolute Gasteiger partial charge is 0.196 e. The number of carbonyl (C=O) groups is 1. The van der Waals surface area contributed by atoms with Crippen LogP contribution in [0.25, 0.3) is 10.9 Å². The second kappa shape index (κ2) is 5.24. The molecule has 1 saturated heterocycles. The molecular weight excluding hydrogens is 386 g/mol. The van der Waals surface area contributed by atoms with Crippen LogP contribution in [0.5, 0.6) is 0 Å². The predicted molar refractivity (Wildman–Crippen MR) is 119 cm³/mol. The molecule has 2 fully saturated rings. The molecule has 2 aliphatic heterocycles. The lowest BCUT2D eigenvalue weighted by Gasteiger charge is -2.58. The minimum Gasteiger partial charge on any atom is -0.358 e. The van der Waals surface area contributed by atoms with E-state index in [2.05, 4.69) is 49.2 Å². The molecule has 3 heterocycles. The molecule has 5 aliphatic rings. The average Bonchev–Trinajstić information content (AvgIpc) is 3.31. The van der Waals surface area contributed by atoms with Gasteiger partial charge < -0.3 is 14.5 Å². The molecule has 4 nitrogen and oxygen atoms in total. The Labute approximate surface area is 182 Å². The zero-order chi connectivity index (χ0) is 21.4. The Hall–Kier alpha value is -2.17. The SMILES string of the molecule is CC1(C)O[C@@]23CCC4(C)C(=CCC5Cc6c([nH]c7ccccc67)[C@@]54C)C2=CC(=O)C1O3. The molecule has 3 unspecified atom stereocenters. The summed E-state index contributed by atoms with van der Waals surface area (Å²) in [6, 6.07) is 8.69. The van der Waals surface area contributed by atoms with Crippen molar-refractivity contribution in [1.29, 1.82) is 0 Å². The molecule has 4 heteroatoms. The molecule has 2 aromatic rings. The number of H-pyrrole nitrogens is 1. The summed E-state index contributed by atoms with van der Waals surface area (Å²) in [6.07, 6.45) is 7.66. The molecule has 1 aromatic carbocycles. The number of fused-ring (bicyclic) bond motifs is 9. The lowest BCUT2D eigenvalue weighted by atomic mass is 9.48. The zero-order valence-electron chi connectivity index (χ0n) is 18.7. The maximum atomic E-state index is 13.0. The number of rotatable bonds is 0. The molecule has 5 atom stereocenters. The number of hydrogen-bond acceptors (Lipinski definition) is 3. The topological polar surface area (TPSA) is 51.3 Å². The van der Waals surface area contributed by atoms with Crippen LogP contribution in [0.3, 0.4) is 0 Å². The van der Waals surface area contributed by atoms with Crippen LogP contribution in [-0.4, -0.2) is 28.3 Å². The Balaban J connectivity index is 1.42. The van der Waals surface area contributed by atoms with Gasteiger partial charge in [-0.15, -0.1) is 0 Å². The summed E-state index contributed by atoms with van der Waals surface area (Å²) in [6.45, 7) is 8.83. The van der Waals surface area contributed by atoms with E-state index >= 15 is 0 Å². The van der Waals surface area contributed by atoms with Gasteiger partial charge >= 0.3 is 0 Å². The van der Waals surface area contributed by atoms with E-state index in [4.69, 9.17) is 9.47 Å². The first-order valence-electron chi connectivity index (χ1n) is 11.6. The number of ketones is 1. The zero-order valence-corrected chi connectivity index (χ0v) is 18.7. The first-order chi connectivity index (χ1) is 14.7. The third kappa shape index (κ3) is 1.90. The lowest BCUT2D eigenvalue weighted by Crippen LogP contribution is -2.56. The van der Waals surface area contributed by atoms with Crippen LogP contribution in [0.1, 0.15) is 58.2 Å². The second-order valence-corrected chi connectivity index (χ2v) is 11.2. The highest BCUT2D eigenvalue weighted by Crippen LogP contribution is 2.68. The van der Waals surface area contributed by atoms with E-state index in [1.807, 2.05) is 19.9 Å². The summed E-state index contributed by atoms with van der Waals surface area (Å²) in [5, 5.41) is 1.37. The fourth-order valence-electron chi connectivity index (χ4n) is 7.75. The van der Waals surface area contributed by atoms with E-state index in [1.54, 1.807) is 0 Å². The Morgan fingerprint density at radius 2 is 1.87 bits per heavy atom. The first kappa shape index (κ1) is 18.4. The van der Waals surface area contributed by atoms with E-state index in [9.17, 15) is 4.79 Å². The van der Waals surface area contributed by atoms with E-state index in [1.165, 1.54) is 27.7 Å². The van der Waals surface area contributed by atoms with Crippen LogP contribution in [0.2, 0.25) is 0 Å². The molecule has 0 amide bonds. The van der Waals surface area contributed by atoms with Gasteiger partial charge in [-0.05, 0) is 62.3 Å². The number of allylic oxidation sites excluding steroid dienone is 1. The minimum atomic E-state index is -0.765. The van der Waals surface area contributed by atoms with Gasteiger partial charge in [0.2, 0.25) is 0 Å². The Bertz CT molecular complexity index is 1250. The van der Waals surface area contributed by atoms with Crippen molar-refractivity contribution in [3.8, 4) is 0 Å². The Morgan fingerprint density at radius 3 is 2.71 bits per heavy atom. The van der Waals surface area contributed by atoms with Crippen molar-refractivity contribution in [2.75, 3.05) is 0 Å². The molecule has 1 spiro atoms. The van der Waals surface area contributed by atoms with Crippen molar-refractivity contribution in [3.63, 3.8) is 0 Å². The largest absolute Gasteiger partial charge is 0.358 e. The van der Waals surface area contributed by atoms with Crippen molar-refractivity contribution in [2.45, 2.75) is 76.3 Å². The van der Waals surface area contributed by atoms with Gasteiger partial charge in [0.1, 0.15) is 5.60 Å². The standard InChI is InChI=1S/C27H29NO3/c1-24(2)23-21(29)14-19-18-10-9-15-13-17-16-7-5-6-8-20(16)28-22(17)26(15,4)25(18,3)11-12-27(19,30-23)31-24/h5-8,10,14-15,23,28H,9,11-13H2,1-4H3/t15?,23?,25?,26-,27+/m1/s1. The number of para-hydroxylation sites is 1. The molecule has 3 aliphatic carbocycles. The highest BCUT2D eigenvalue weighted by atomic mass is 16.8. The molecule has 7 rings (SSSR count). The number of carbonyl (C=O) groups excluding carboxylic acids is 1. The fraction of sp³-hybridized carbons (Fsp3) is 0.519. The maximum absolute atomic E-state index is 13.0. The molecule has 1 saturated carbocycles. The van der Waals surface area contributed by atoms with Crippen molar-refractivity contribution in [2.24, 2.45) is 11.3 Å². The molecule has 31 heavy (non-hydrogen) atoms. The van der Waals surface area contributed by atoms with Crippen LogP contribution >= 0.6 is 0 Å². The van der Waals surface area contributed by atoms with Gasteiger partial charge in [0, 0.05) is 39.4 Å². The summed E-state index contributed by atoms with van der Waals surface area (Å²) in [5.41, 5.74) is 5.69. The first-order valence-corrected chi connectivity index (χ1v) is 11.6. The Morgan fingerprint density at radius 1 is 1.06 bits per heavy atom. The molecular formula is C27H29NO3. The van der Waals surface area contributed by atoms with E-state index < -0.39 is 17.5 Å². The van der Waals surface area contributed by atoms with Crippen molar-refractivity contribution < 1.29 is 14.3 Å². The van der Waals surface area contributed by atoms with Crippen molar-refractivity contribution >= 4 is 16.7 Å². The van der Waals surface area contributed by atoms with Gasteiger partial charge in [-0.2, -0.15) is 0 Å². The number of hydrogen-bond donors (Lipinski definition) is 1. The normalized spacial score (nSPS) is 41.9. The van der Waals surface area contributed by atoms with Gasteiger partial charge in [-0.25, -0.2) is 0 Å². The van der Waals surface area contributed by atoms with Crippen LogP contribution in [0.15, 0.2) is 47.6 Å². The summed E-state index contributed by atoms with van der Waals surface area (Å²) in [7, 11) is 0. The van der Waals surface area contributed by atoms with Crippen molar-refractivity contribution in [3.05, 3.63) is 58.8 Å². The van der Waals surface area contributed by atoms with Crippen molar-refractivity contribution in [1.82, 2.24) is 4.98 Å². The minimum absolute atomic E-state index is 0.0120. The highest BCUT2D eigenvalue weighted by molar-refractivity contribution is 5.98. The number of nitrogens with one attached hydrogen (secondary N) is 1. The van der Waals surface area contributed by atoms with Crippen LogP contribution in [0, 0.1) is 11.3 Å². The lowest BCUT2D eigenvalue weighted by molar-refractivity contribution is -0.180. The average molecular weight is 416 g/mol. The van der Waals surface area contributed by atoms with E-state index in [0.717, 1.165) is 31.3 Å². The van der Waals surface area contributed by atoms with Gasteiger partial charge in [0.15, 0.2) is 17.7 Å². The molecule has 1 aromatic heterocycles. The fourth-order valence-corrected chi connectivity index (χ4v) is 7.75. The summed E-state index contributed by atoms with van der Waals surface area (Å²) >= 11 is 0. The third-order valence-electron chi connectivity index (χ3n) is 9.51. The van der Waals surface area contributed by atoms with Gasteiger partial charge in [0.25, 0.3) is 0 Å². The van der Waals surface area contributed by atoms with Gasteiger partial charge in [0.05, 0.1) is 0 Å². The third-order valence-corrected chi connectivity index (χ3v) is 9.51. The number of aromatic nitrogens is 1. The number of ether oxygens (including phenoxy) is 2.